The molecule has 3 aromatic rings. The molecule has 1 saturated heterocycles. The zero-order valence-corrected chi connectivity index (χ0v) is 17.4. The number of piperidine rings is 1. The van der Waals surface area contributed by atoms with Crippen LogP contribution in [-0.4, -0.2) is 38.7 Å². The highest BCUT2D eigenvalue weighted by Crippen LogP contribution is 2.42. The molecule has 1 atom stereocenters. The minimum Gasteiger partial charge on any atom is -0.341 e. The van der Waals surface area contributed by atoms with Crippen molar-refractivity contribution >= 4 is 17.2 Å². The van der Waals surface area contributed by atoms with Crippen LogP contribution in [0.2, 0.25) is 0 Å². The molecule has 4 rings (SSSR count). The van der Waals surface area contributed by atoms with Crippen LogP contribution in [0.25, 0.3) is 0 Å². The lowest BCUT2D eigenvalue weighted by Gasteiger charge is -2.42. The van der Waals surface area contributed by atoms with Crippen LogP contribution in [0.1, 0.15) is 47.8 Å². The van der Waals surface area contributed by atoms with Gasteiger partial charge in [0.15, 0.2) is 0 Å². The van der Waals surface area contributed by atoms with Gasteiger partial charge < -0.3 is 4.90 Å². The monoisotopic (exact) mass is 394 g/mol. The summed E-state index contributed by atoms with van der Waals surface area (Å²) in [4.78, 5) is 19.9. The van der Waals surface area contributed by atoms with Crippen LogP contribution in [0.3, 0.4) is 0 Å². The van der Waals surface area contributed by atoms with Gasteiger partial charge in [-0.15, -0.1) is 11.3 Å². The number of hydrogen-bond acceptors (Lipinski definition) is 4. The molecule has 3 heterocycles. The molecule has 0 radical (unpaired) electrons. The fourth-order valence-electron chi connectivity index (χ4n) is 4.17. The molecule has 0 bridgehead atoms. The van der Waals surface area contributed by atoms with E-state index in [4.69, 9.17) is 4.98 Å². The first-order valence-electron chi connectivity index (χ1n) is 9.78. The second-order valence-electron chi connectivity index (χ2n) is 7.64. The second kappa shape index (κ2) is 7.51. The van der Waals surface area contributed by atoms with Gasteiger partial charge in [-0.05, 0) is 45.2 Å². The fraction of sp³-hybridized carbons (Fsp3) is 0.409. The number of aryl methyl sites for hydroxylation is 2. The largest absolute Gasteiger partial charge is 0.341 e. The Kier molecular flexibility index (Phi) is 5.06. The zero-order valence-electron chi connectivity index (χ0n) is 16.6. The summed E-state index contributed by atoms with van der Waals surface area (Å²) in [7, 11) is 0. The summed E-state index contributed by atoms with van der Waals surface area (Å²) in [6.07, 6.45) is 3.65. The number of carbonyl (C=O) groups is 1. The lowest BCUT2D eigenvalue weighted by atomic mass is 9.70. The second-order valence-corrected chi connectivity index (χ2v) is 8.70. The number of thiazole rings is 1. The molecule has 5 nitrogen and oxygen atoms in total. The normalized spacial score (nSPS) is 17.5. The lowest BCUT2D eigenvalue weighted by molar-refractivity contribution is -0.136. The van der Waals surface area contributed by atoms with Crippen LogP contribution in [-0.2, 0) is 10.2 Å². The molecule has 0 spiro atoms. The highest BCUT2D eigenvalue weighted by molar-refractivity contribution is 7.09. The van der Waals surface area contributed by atoms with Crippen molar-refractivity contribution in [2.75, 3.05) is 13.1 Å². The number of likely N-dealkylation sites (tertiary alicyclic amines) is 1. The number of amides is 1. The average molecular weight is 395 g/mol. The van der Waals surface area contributed by atoms with E-state index >= 15 is 0 Å². The Morgan fingerprint density at radius 1 is 1.14 bits per heavy atom. The van der Waals surface area contributed by atoms with Crippen molar-refractivity contribution in [1.29, 1.82) is 0 Å². The summed E-state index contributed by atoms with van der Waals surface area (Å²) in [5.41, 5.74) is 3.25. The van der Waals surface area contributed by atoms with Gasteiger partial charge in [0.05, 0.1) is 16.4 Å². The van der Waals surface area contributed by atoms with Gasteiger partial charge in [-0.2, -0.15) is 5.10 Å². The summed E-state index contributed by atoms with van der Waals surface area (Å²) >= 11 is 1.70. The molecule has 0 N–H and O–H groups in total. The maximum atomic E-state index is 13.0. The molecule has 0 aliphatic carbocycles. The maximum Gasteiger partial charge on any atom is 0.247 e. The highest BCUT2D eigenvalue weighted by atomic mass is 32.1. The molecular formula is C22H26N4OS. The van der Waals surface area contributed by atoms with Crippen molar-refractivity contribution in [1.82, 2.24) is 19.7 Å². The molecule has 1 fully saturated rings. The third-order valence-corrected chi connectivity index (χ3v) is 6.63. The van der Waals surface area contributed by atoms with Gasteiger partial charge in [-0.25, -0.2) is 4.98 Å². The molecule has 28 heavy (non-hydrogen) atoms. The van der Waals surface area contributed by atoms with Crippen LogP contribution >= 0.6 is 11.3 Å². The Bertz CT molecular complexity index is 954. The number of benzene rings is 1. The number of carbonyl (C=O) groups excluding carboxylic acids is 1. The minimum absolute atomic E-state index is 0.117. The van der Waals surface area contributed by atoms with E-state index < -0.39 is 0 Å². The standard InChI is InChI=1S/C22H26N4OS/c1-16-9-12-26(24-16)17(2)21(27)25-13-10-22(11-14-25,19-7-5-4-6-8-19)20-15-28-18(3)23-20/h4-9,12,15,17H,10-11,13-14H2,1-3H3. The molecule has 1 aromatic carbocycles. The van der Waals surface area contributed by atoms with Gasteiger partial charge in [-0.1, -0.05) is 30.3 Å². The molecule has 1 amide bonds. The average Bonchev–Trinajstić information content (AvgIpc) is 3.36. The smallest absolute Gasteiger partial charge is 0.247 e. The van der Waals surface area contributed by atoms with E-state index in [0.29, 0.717) is 0 Å². The molecule has 6 heteroatoms. The van der Waals surface area contributed by atoms with Crippen LogP contribution in [0.4, 0.5) is 0 Å². The third-order valence-electron chi connectivity index (χ3n) is 5.86. The Balaban J connectivity index is 1.56. The molecule has 146 valence electrons. The Hall–Kier alpha value is -2.47. The van der Waals surface area contributed by atoms with E-state index in [9.17, 15) is 4.79 Å². The fourth-order valence-corrected chi connectivity index (χ4v) is 4.88. The van der Waals surface area contributed by atoms with Gasteiger partial charge >= 0.3 is 0 Å². The summed E-state index contributed by atoms with van der Waals surface area (Å²) in [6.45, 7) is 7.39. The van der Waals surface area contributed by atoms with Gasteiger partial charge in [0.1, 0.15) is 6.04 Å². The van der Waals surface area contributed by atoms with Crippen LogP contribution in [0, 0.1) is 13.8 Å². The van der Waals surface area contributed by atoms with Crippen LogP contribution in [0.5, 0.6) is 0 Å². The van der Waals surface area contributed by atoms with Gasteiger partial charge in [0.25, 0.3) is 0 Å². The minimum atomic E-state index is -0.278. The SMILES string of the molecule is Cc1ccn(C(C)C(=O)N2CCC(c3ccccc3)(c3csc(C)n3)CC2)n1. The van der Waals surface area contributed by atoms with Crippen molar-refractivity contribution < 1.29 is 4.79 Å². The summed E-state index contributed by atoms with van der Waals surface area (Å²) in [5.74, 6) is 0.138. The van der Waals surface area contributed by atoms with E-state index in [1.54, 1.807) is 16.0 Å². The van der Waals surface area contributed by atoms with E-state index in [-0.39, 0.29) is 17.4 Å². The van der Waals surface area contributed by atoms with Crippen molar-refractivity contribution in [2.45, 2.75) is 45.1 Å². The van der Waals surface area contributed by atoms with Crippen LogP contribution < -0.4 is 0 Å². The Labute approximate surface area is 170 Å². The lowest BCUT2D eigenvalue weighted by Crippen LogP contribution is -2.47. The molecular weight excluding hydrogens is 368 g/mol. The summed E-state index contributed by atoms with van der Waals surface area (Å²) < 4.78 is 1.76. The zero-order chi connectivity index (χ0) is 19.7. The van der Waals surface area contributed by atoms with Gasteiger partial charge in [0.2, 0.25) is 5.91 Å². The molecule has 1 unspecified atom stereocenters. The van der Waals surface area contributed by atoms with E-state index in [0.717, 1.165) is 42.3 Å². The molecule has 2 aromatic heterocycles. The molecule has 1 aliphatic rings. The number of nitrogens with zero attached hydrogens (tertiary/aromatic N) is 4. The number of hydrogen-bond donors (Lipinski definition) is 0. The quantitative estimate of drug-likeness (QED) is 0.669. The topological polar surface area (TPSA) is 51.0 Å². The summed E-state index contributed by atoms with van der Waals surface area (Å²) in [5, 5.41) is 7.69. The maximum absolute atomic E-state index is 13.0. The van der Waals surface area contributed by atoms with E-state index in [1.165, 1.54) is 5.56 Å². The van der Waals surface area contributed by atoms with Crippen molar-refractivity contribution in [2.24, 2.45) is 0 Å². The highest BCUT2D eigenvalue weighted by Gasteiger charge is 2.41. The predicted octanol–water partition coefficient (Wildman–Crippen LogP) is 4.13. The van der Waals surface area contributed by atoms with Crippen molar-refractivity contribution in [3.63, 3.8) is 0 Å². The molecule has 1 aliphatic heterocycles. The third kappa shape index (κ3) is 3.37. The van der Waals surface area contributed by atoms with Crippen LogP contribution in [0.15, 0.2) is 48.0 Å². The predicted molar refractivity (Wildman–Crippen MR) is 112 cm³/mol. The number of rotatable bonds is 4. The van der Waals surface area contributed by atoms with Gasteiger partial charge in [0, 0.05) is 30.1 Å². The van der Waals surface area contributed by atoms with Gasteiger partial charge in [-0.3, -0.25) is 9.48 Å². The van der Waals surface area contributed by atoms with E-state index in [2.05, 4.69) is 47.7 Å². The first-order chi connectivity index (χ1) is 13.5. The Morgan fingerprint density at radius 3 is 2.43 bits per heavy atom. The molecule has 0 saturated carbocycles. The Morgan fingerprint density at radius 2 is 1.86 bits per heavy atom. The van der Waals surface area contributed by atoms with Crippen molar-refractivity contribution in [3.05, 3.63) is 69.9 Å². The van der Waals surface area contributed by atoms with Crippen molar-refractivity contribution in [3.8, 4) is 0 Å². The first kappa shape index (κ1) is 18.9. The van der Waals surface area contributed by atoms with E-state index in [1.807, 2.05) is 31.0 Å². The summed E-state index contributed by atoms with van der Waals surface area (Å²) in [6, 6.07) is 12.3. The number of aromatic nitrogens is 3. The first-order valence-corrected chi connectivity index (χ1v) is 10.7.